The number of rotatable bonds is 5. The molecule has 0 aliphatic carbocycles. The molecule has 3 rings (SSSR count). The number of oxazole rings is 1. The van der Waals surface area contributed by atoms with Crippen LogP contribution in [-0.2, 0) is 11.2 Å². The van der Waals surface area contributed by atoms with Crippen molar-refractivity contribution < 1.29 is 14.3 Å². The van der Waals surface area contributed by atoms with Gasteiger partial charge in [0.25, 0.3) is 0 Å². The lowest BCUT2D eigenvalue weighted by atomic mass is 10.2. The number of carbonyl (C=O) groups is 1. The van der Waals surface area contributed by atoms with Crippen molar-refractivity contribution in [1.29, 1.82) is 0 Å². The summed E-state index contributed by atoms with van der Waals surface area (Å²) in [5, 5.41) is 13.8. The second-order valence-corrected chi connectivity index (χ2v) is 6.07. The Kier molecular flexibility index (Phi) is 4.26. The van der Waals surface area contributed by atoms with E-state index < -0.39 is 5.97 Å². The van der Waals surface area contributed by atoms with Crippen LogP contribution in [-0.4, -0.2) is 27.3 Å². The Labute approximate surface area is 135 Å². The summed E-state index contributed by atoms with van der Waals surface area (Å²) in [6, 6.07) is 5.63. The molecular weight excluding hydrogens is 320 g/mol. The minimum absolute atomic E-state index is 0.176. The van der Waals surface area contributed by atoms with Gasteiger partial charge >= 0.3 is 5.97 Å². The molecule has 0 bridgehead atoms. The minimum atomic E-state index is -0.938. The molecule has 5 nitrogen and oxygen atoms in total. The molecule has 0 unspecified atom stereocenters. The highest BCUT2D eigenvalue weighted by Gasteiger charge is 2.19. The van der Waals surface area contributed by atoms with Crippen LogP contribution in [0.5, 0.6) is 0 Å². The van der Waals surface area contributed by atoms with E-state index in [9.17, 15) is 4.79 Å². The first-order valence-corrected chi connectivity index (χ1v) is 8.58. The first-order valence-electron chi connectivity index (χ1n) is 6.42. The van der Waals surface area contributed by atoms with Crippen molar-refractivity contribution in [1.82, 2.24) is 9.97 Å². The zero-order chi connectivity index (χ0) is 15.5. The first kappa shape index (κ1) is 14.8. The molecule has 3 heterocycles. The molecule has 0 aliphatic heterocycles. The quantitative estimate of drug-likeness (QED) is 0.716. The number of hydrogen-bond acceptors (Lipinski definition) is 6. The van der Waals surface area contributed by atoms with Crippen LogP contribution in [0, 0.1) is 0 Å². The molecule has 0 fully saturated rings. The van der Waals surface area contributed by atoms with Crippen molar-refractivity contribution in [3.05, 3.63) is 40.8 Å². The van der Waals surface area contributed by atoms with E-state index in [1.807, 2.05) is 35.2 Å². The Morgan fingerprint density at radius 3 is 2.82 bits per heavy atom. The molecule has 0 radical (unpaired) electrons. The Hall–Kier alpha value is -2.12. The lowest BCUT2D eigenvalue weighted by Gasteiger charge is -1.97. The van der Waals surface area contributed by atoms with Gasteiger partial charge in [-0.1, -0.05) is 0 Å². The summed E-state index contributed by atoms with van der Waals surface area (Å²) in [5.41, 5.74) is 1.99. The zero-order valence-electron chi connectivity index (χ0n) is 11.6. The number of carboxylic acids is 1. The summed E-state index contributed by atoms with van der Waals surface area (Å²) in [7, 11) is 0. The van der Waals surface area contributed by atoms with E-state index in [-0.39, 0.29) is 6.42 Å². The highest BCUT2D eigenvalue weighted by atomic mass is 32.2. The maximum Gasteiger partial charge on any atom is 0.309 e. The van der Waals surface area contributed by atoms with Crippen molar-refractivity contribution in [2.75, 3.05) is 6.26 Å². The van der Waals surface area contributed by atoms with E-state index in [1.165, 1.54) is 11.3 Å². The van der Waals surface area contributed by atoms with Gasteiger partial charge in [-0.2, -0.15) is 11.3 Å². The smallest absolute Gasteiger partial charge is 0.309 e. The van der Waals surface area contributed by atoms with E-state index >= 15 is 0 Å². The summed E-state index contributed by atoms with van der Waals surface area (Å²) in [5.74, 6) is -0.0441. The predicted molar refractivity (Wildman–Crippen MR) is 86.2 cm³/mol. The molecule has 0 saturated heterocycles. The molecule has 7 heteroatoms. The molecule has 0 spiro atoms. The van der Waals surface area contributed by atoms with Crippen LogP contribution in [0.3, 0.4) is 0 Å². The summed E-state index contributed by atoms with van der Waals surface area (Å²) in [6.07, 6.45) is 3.46. The molecule has 3 aromatic heterocycles. The maximum atomic E-state index is 11.0. The van der Waals surface area contributed by atoms with Gasteiger partial charge in [0.15, 0.2) is 5.76 Å². The highest BCUT2D eigenvalue weighted by molar-refractivity contribution is 7.98. The van der Waals surface area contributed by atoms with Gasteiger partial charge in [0, 0.05) is 17.1 Å². The molecule has 0 atom stereocenters. The molecule has 0 aliphatic rings. The molecule has 22 heavy (non-hydrogen) atoms. The number of nitrogens with zero attached hydrogens (tertiary/aromatic N) is 2. The van der Waals surface area contributed by atoms with Crippen LogP contribution in [0.25, 0.3) is 22.8 Å². The molecule has 0 aromatic carbocycles. The number of thiophene rings is 1. The van der Waals surface area contributed by atoms with Gasteiger partial charge in [-0.25, -0.2) is 9.97 Å². The molecule has 0 saturated carbocycles. The fourth-order valence-electron chi connectivity index (χ4n) is 1.99. The summed E-state index contributed by atoms with van der Waals surface area (Å²) in [4.78, 5) is 19.7. The van der Waals surface area contributed by atoms with Gasteiger partial charge in [-0.05, 0) is 29.8 Å². The second-order valence-electron chi connectivity index (χ2n) is 4.47. The molecule has 1 N–H and O–H groups in total. The van der Waals surface area contributed by atoms with Crippen LogP contribution in [0.4, 0.5) is 0 Å². The van der Waals surface area contributed by atoms with Gasteiger partial charge in [-0.3, -0.25) is 4.79 Å². The predicted octanol–water partition coefficient (Wildman–Crippen LogP) is 3.81. The van der Waals surface area contributed by atoms with Crippen molar-refractivity contribution in [3.63, 3.8) is 0 Å². The van der Waals surface area contributed by atoms with Gasteiger partial charge < -0.3 is 9.52 Å². The number of carboxylic acid groups (broad SMARTS) is 1. The summed E-state index contributed by atoms with van der Waals surface area (Å²) < 4.78 is 5.81. The van der Waals surface area contributed by atoms with Crippen LogP contribution in [0.15, 0.2) is 44.6 Å². The van der Waals surface area contributed by atoms with E-state index in [0.717, 1.165) is 16.2 Å². The Balaban J connectivity index is 2.03. The highest BCUT2D eigenvalue weighted by Crippen LogP contribution is 2.31. The summed E-state index contributed by atoms with van der Waals surface area (Å²) in [6.45, 7) is 0. The SMILES string of the molecule is CSc1ccc(-c2nc(CC(=O)O)c(-c3ccsc3)o2)cn1. The van der Waals surface area contributed by atoms with Gasteiger partial charge in [0.2, 0.25) is 5.89 Å². The molecule has 112 valence electrons. The van der Waals surface area contributed by atoms with Crippen LogP contribution in [0.2, 0.25) is 0 Å². The normalized spacial score (nSPS) is 10.8. The Morgan fingerprint density at radius 1 is 1.36 bits per heavy atom. The van der Waals surface area contributed by atoms with Crippen molar-refractivity contribution in [3.8, 4) is 22.8 Å². The molecular formula is C15H12N2O3S2. The van der Waals surface area contributed by atoms with E-state index in [2.05, 4.69) is 9.97 Å². The topological polar surface area (TPSA) is 76.2 Å². The van der Waals surface area contributed by atoms with Gasteiger partial charge in [0.05, 0.1) is 22.7 Å². The lowest BCUT2D eigenvalue weighted by Crippen LogP contribution is -2.01. The van der Waals surface area contributed by atoms with E-state index in [4.69, 9.17) is 9.52 Å². The van der Waals surface area contributed by atoms with Crippen molar-refractivity contribution >= 4 is 29.1 Å². The van der Waals surface area contributed by atoms with Crippen molar-refractivity contribution in [2.45, 2.75) is 11.4 Å². The van der Waals surface area contributed by atoms with E-state index in [1.54, 1.807) is 18.0 Å². The standard InChI is InChI=1S/C15H12N2O3S2/c1-21-12-3-2-9(7-16-12)15-17-11(6-13(18)19)14(20-15)10-4-5-22-8-10/h2-5,7-8H,6H2,1H3,(H,18,19). The Bertz CT molecular complexity index is 780. The third-order valence-electron chi connectivity index (χ3n) is 2.99. The Morgan fingerprint density at radius 2 is 2.23 bits per heavy atom. The third-order valence-corrected chi connectivity index (χ3v) is 4.33. The first-order chi connectivity index (χ1) is 10.7. The minimum Gasteiger partial charge on any atom is -0.481 e. The van der Waals surface area contributed by atoms with Crippen LogP contribution >= 0.6 is 23.1 Å². The maximum absolute atomic E-state index is 11.0. The van der Waals surface area contributed by atoms with Crippen LogP contribution in [0.1, 0.15) is 5.69 Å². The number of pyridine rings is 1. The number of aliphatic carboxylic acids is 1. The monoisotopic (exact) mass is 332 g/mol. The van der Waals surface area contributed by atoms with E-state index in [0.29, 0.717) is 17.3 Å². The van der Waals surface area contributed by atoms with Gasteiger partial charge in [0.1, 0.15) is 0 Å². The summed E-state index contributed by atoms with van der Waals surface area (Å²) >= 11 is 3.07. The average molecular weight is 332 g/mol. The fraction of sp³-hybridized carbons (Fsp3) is 0.133. The van der Waals surface area contributed by atoms with Crippen molar-refractivity contribution in [2.24, 2.45) is 0 Å². The zero-order valence-corrected chi connectivity index (χ0v) is 13.3. The number of aromatic nitrogens is 2. The number of hydrogen-bond donors (Lipinski definition) is 1. The van der Waals surface area contributed by atoms with Gasteiger partial charge in [-0.15, -0.1) is 11.8 Å². The third kappa shape index (κ3) is 3.05. The van der Waals surface area contributed by atoms with Crippen LogP contribution < -0.4 is 0 Å². The fourth-order valence-corrected chi connectivity index (χ4v) is 2.98. The second kappa shape index (κ2) is 6.33. The molecule has 0 amide bonds. The largest absolute Gasteiger partial charge is 0.481 e. The number of thioether (sulfide) groups is 1. The average Bonchev–Trinajstić information content (AvgIpc) is 3.16. The molecule has 3 aromatic rings. The lowest BCUT2D eigenvalue weighted by molar-refractivity contribution is -0.136.